The lowest BCUT2D eigenvalue weighted by Gasteiger charge is -2.37. The van der Waals surface area contributed by atoms with Gasteiger partial charge in [-0.05, 0) is 53.4 Å². The molecular weight excluding hydrogens is 136 g/mol. The monoisotopic (exact) mass is 156 g/mol. The fourth-order valence-electron chi connectivity index (χ4n) is 1.62. The zero-order valence-corrected chi connectivity index (χ0v) is 8.15. The number of hydrogen-bond acceptors (Lipinski definition) is 2. The molecule has 1 aliphatic heterocycles. The van der Waals surface area contributed by atoms with Crippen LogP contribution in [0, 0.1) is 5.92 Å². The fraction of sp³-hybridized carbons (Fsp3) is 1.00. The highest BCUT2D eigenvalue weighted by Crippen LogP contribution is 2.26. The molecule has 0 amide bonds. The van der Waals surface area contributed by atoms with Crippen molar-refractivity contribution in [2.45, 2.75) is 25.8 Å². The first-order chi connectivity index (χ1) is 5.05. The van der Waals surface area contributed by atoms with Crippen LogP contribution >= 0.6 is 0 Å². The summed E-state index contributed by atoms with van der Waals surface area (Å²) >= 11 is 0. The molecule has 1 heterocycles. The van der Waals surface area contributed by atoms with Gasteiger partial charge in [0.05, 0.1) is 0 Å². The first-order valence-corrected chi connectivity index (χ1v) is 4.43. The predicted octanol–water partition coefficient (Wildman–Crippen LogP) is 0.936. The van der Waals surface area contributed by atoms with Crippen LogP contribution < -0.4 is 5.32 Å². The summed E-state index contributed by atoms with van der Waals surface area (Å²) in [6.45, 7) is 7.03. The number of nitrogens with one attached hydrogen (secondary N) is 1. The van der Waals surface area contributed by atoms with Crippen molar-refractivity contribution < 1.29 is 0 Å². The van der Waals surface area contributed by atoms with Crippen LogP contribution in [0.5, 0.6) is 0 Å². The first-order valence-electron chi connectivity index (χ1n) is 4.43. The van der Waals surface area contributed by atoms with E-state index in [-0.39, 0.29) is 0 Å². The zero-order chi connectivity index (χ0) is 8.48. The van der Waals surface area contributed by atoms with Crippen LogP contribution in [0.4, 0.5) is 0 Å². The van der Waals surface area contributed by atoms with E-state index >= 15 is 0 Å². The second-order valence-corrected chi connectivity index (χ2v) is 4.24. The van der Waals surface area contributed by atoms with Crippen molar-refractivity contribution in [1.29, 1.82) is 0 Å². The van der Waals surface area contributed by atoms with Crippen LogP contribution in [0.25, 0.3) is 0 Å². The van der Waals surface area contributed by atoms with E-state index < -0.39 is 0 Å². The summed E-state index contributed by atoms with van der Waals surface area (Å²) in [6, 6.07) is 0. The van der Waals surface area contributed by atoms with Crippen LogP contribution in [0.1, 0.15) is 20.3 Å². The maximum absolute atomic E-state index is 3.41. The van der Waals surface area contributed by atoms with Gasteiger partial charge in [-0.3, -0.25) is 0 Å². The van der Waals surface area contributed by atoms with E-state index in [0.717, 1.165) is 5.92 Å². The van der Waals surface area contributed by atoms with Crippen molar-refractivity contribution in [2.75, 3.05) is 27.2 Å². The Morgan fingerprint density at radius 3 is 2.36 bits per heavy atom. The zero-order valence-electron chi connectivity index (χ0n) is 8.15. The summed E-state index contributed by atoms with van der Waals surface area (Å²) < 4.78 is 0. The molecule has 0 bridgehead atoms. The molecule has 1 fully saturated rings. The van der Waals surface area contributed by atoms with E-state index in [9.17, 15) is 0 Å². The minimum atomic E-state index is 0.351. The molecule has 1 atom stereocenters. The van der Waals surface area contributed by atoms with E-state index in [4.69, 9.17) is 0 Å². The quantitative estimate of drug-likeness (QED) is 0.640. The van der Waals surface area contributed by atoms with Gasteiger partial charge in [-0.1, -0.05) is 0 Å². The lowest BCUT2D eigenvalue weighted by Crippen LogP contribution is -2.45. The molecule has 0 aliphatic carbocycles. The van der Waals surface area contributed by atoms with E-state index in [1.165, 1.54) is 19.5 Å². The second-order valence-electron chi connectivity index (χ2n) is 4.24. The second kappa shape index (κ2) is 3.11. The van der Waals surface area contributed by atoms with Gasteiger partial charge in [0.1, 0.15) is 0 Å². The van der Waals surface area contributed by atoms with Gasteiger partial charge in [-0.2, -0.15) is 0 Å². The van der Waals surface area contributed by atoms with E-state index in [0.29, 0.717) is 5.54 Å². The fourth-order valence-corrected chi connectivity index (χ4v) is 1.62. The molecule has 1 aliphatic rings. The minimum Gasteiger partial charge on any atom is -0.316 e. The van der Waals surface area contributed by atoms with Crippen molar-refractivity contribution in [2.24, 2.45) is 5.92 Å². The average molecular weight is 156 g/mol. The highest BCUT2D eigenvalue weighted by atomic mass is 15.1. The standard InChI is InChI=1S/C9H20N2/c1-9(2,11(3)4)8-5-6-10-7-8/h8,10H,5-7H2,1-4H3/t8-/m1/s1. The molecule has 0 aromatic carbocycles. The molecule has 1 N–H and O–H groups in total. The molecule has 0 spiro atoms. The van der Waals surface area contributed by atoms with E-state index in [1.807, 2.05) is 0 Å². The molecule has 2 heteroatoms. The lowest BCUT2D eigenvalue weighted by molar-refractivity contribution is 0.126. The summed E-state index contributed by atoms with van der Waals surface area (Å²) in [5.41, 5.74) is 0.351. The molecule has 0 aromatic rings. The predicted molar refractivity (Wildman–Crippen MR) is 48.7 cm³/mol. The smallest absolute Gasteiger partial charge is 0.0187 e. The van der Waals surface area contributed by atoms with Crippen LogP contribution in [-0.4, -0.2) is 37.6 Å². The van der Waals surface area contributed by atoms with Crippen molar-refractivity contribution >= 4 is 0 Å². The van der Waals surface area contributed by atoms with Gasteiger partial charge in [-0.15, -0.1) is 0 Å². The third-order valence-electron chi connectivity index (χ3n) is 3.21. The Hall–Kier alpha value is -0.0800. The Morgan fingerprint density at radius 1 is 1.36 bits per heavy atom. The van der Waals surface area contributed by atoms with Gasteiger partial charge in [0.2, 0.25) is 0 Å². The van der Waals surface area contributed by atoms with Gasteiger partial charge >= 0.3 is 0 Å². The molecule has 1 saturated heterocycles. The highest BCUT2D eigenvalue weighted by molar-refractivity contribution is 4.90. The Bertz CT molecular complexity index is 124. The first kappa shape index (κ1) is 9.01. The molecule has 1 rings (SSSR count). The molecule has 2 nitrogen and oxygen atoms in total. The summed E-state index contributed by atoms with van der Waals surface area (Å²) in [5, 5.41) is 3.41. The maximum atomic E-state index is 3.41. The summed E-state index contributed by atoms with van der Waals surface area (Å²) in [5.74, 6) is 0.817. The Kier molecular flexibility index (Phi) is 2.55. The Morgan fingerprint density at radius 2 is 2.00 bits per heavy atom. The van der Waals surface area contributed by atoms with Gasteiger partial charge in [-0.25, -0.2) is 0 Å². The van der Waals surface area contributed by atoms with Gasteiger partial charge in [0, 0.05) is 5.54 Å². The normalized spacial score (nSPS) is 26.5. The van der Waals surface area contributed by atoms with Crippen LogP contribution in [0.15, 0.2) is 0 Å². The Labute approximate surface area is 70.0 Å². The van der Waals surface area contributed by atoms with Crippen molar-refractivity contribution in [3.63, 3.8) is 0 Å². The number of rotatable bonds is 2. The summed E-state index contributed by atoms with van der Waals surface area (Å²) in [7, 11) is 4.33. The topological polar surface area (TPSA) is 15.3 Å². The van der Waals surface area contributed by atoms with Crippen molar-refractivity contribution in [3.8, 4) is 0 Å². The van der Waals surface area contributed by atoms with E-state index in [2.05, 4.69) is 38.2 Å². The lowest BCUT2D eigenvalue weighted by atomic mass is 9.86. The highest BCUT2D eigenvalue weighted by Gasteiger charge is 2.33. The van der Waals surface area contributed by atoms with Crippen molar-refractivity contribution in [3.05, 3.63) is 0 Å². The molecular formula is C9H20N2. The molecule has 0 saturated carbocycles. The third kappa shape index (κ3) is 1.74. The molecule has 0 unspecified atom stereocenters. The van der Waals surface area contributed by atoms with Crippen LogP contribution in [0.3, 0.4) is 0 Å². The largest absolute Gasteiger partial charge is 0.316 e. The number of nitrogens with zero attached hydrogens (tertiary/aromatic N) is 1. The molecule has 11 heavy (non-hydrogen) atoms. The van der Waals surface area contributed by atoms with Crippen LogP contribution in [-0.2, 0) is 0 Å². The SMILES string of the molecule is CN(C)C(C)(C)[C@@H]1CCNC1. The molecule has 66 valence electrons. The molecule has 0 radical (unpaired) electrons. The van der Waals surface area contributed by atoms with Crippen molar-refractivity contribution in [1.82, 2.24) is 10.2 Å². The van der Waals surface area contributed by atoms with E-state index in [1.54, 1.807) is 0 Å². The Balaban J connectivity index is 2.55. The third-order valence-corrected chi connectivity index (χ3v) is 3.21. The summed E-state index contributed by atoms with van der Waals surface area (Å²) in [4.78, 5) is 2.32. The average Bonchev–Trinajstić information content (AvgIpc) is 2.37. The summed E-state index contributed by atoms with van der Waals surface area (Å²) in [6.07, 6.45) is 1.32. The minimum absolute atomic E-state index is 0.351. The molecule has 0 aromatic heterocycles. The van der Waals surface area contributed by atoms with Gasteiger partial charge in [0.15, 0.2) is 0 Å². The number of hydrogen-bond donors (Lipinski definition) is 1. The van der Waals surface area contributed by atoms with Gasteiger partial charge < -0.3 is 10.2 Å². The maximum Gasteiger partial charge on any atom is 0.0187 e. The van der Waals surface area contributed by atoms with Gasteiger partial charge in [0.25, 0.3) is 0 Å². The van der Waals surface area contributed by atoms with Crippen LogP contribution in [0.2, 0.25) is 0 Å².